The van der Waals surface area contributed by atoms with E-state index in [2.05, 4.69) is 74.7 Å². The molecule has 0 aliphatic heterocycles. The van der Waals surface area contributed by atoms with E-state index in [1.54, 1.807) is 0 Å². The van der Waals surface area contributed by atoms with Crippen LogP contribution in [0.4, 0.5) is 0 Å². The number of unbranched alkanes of at least 4 members (excludes halogenated alkanes) is 22. The molecule has 6 heteroatoms. The van der Waals surface area contributed by atoms with Gasteiger partial charge in [-0.15, -0.1) is 0 Å². The minimum Gasteiger partial charge on any atom is -0.462 e. The van der Waals surface area contributed by atoms with Gasteiger partial charge in [0.2, 0.25) is 5.91 Å². The van der Waals surface area contributed by atoms with Crippen LogP contribution in [0.25, 0.3) is 0 Å². The Morgan fingerprint density at radius 2 is 0.911 bits per heavy atom. The number of carbonyl (C=O) groups is 2. The predicted molar refractivity (Wildman–Crippen MR) is 241 cm³/mol. The zero-order valence-electron chi connectivity index (χ0n) is 37.0. The number of aliphatic hydroxyl groups is 2. The summed E-state index contributed by atoms with van der Waals surface area (Å²) in [5, 5.41) is 23.6. The molecule has 0 saturated heterocycles. The van der Waals surface area contributed by atoms with Crippen LogP contribution in [0.15, 0.2) is 48.6 Å². The normalized spacial score (nSPS) is 13.7. The van der Waals surface area contributed by atoms with E-state index in [-0.39, 0.29) is 24.9 Å². The lowest BCUT2D eigenvalue weighted by atomic mass is 10.0. The van der Waals surface area contributed by atoms with Crippen molar-refractivity contribution in [1.29, 1.82) is 0 Å². The van der Waals surface area contributed by atoms with E-state index >= 15 is 0 Å². The number of allylic oxidation sites excluding steroid dienone is 8. The third-order valence-corrected chi connectivity index (χ3v) is 10.6. The predicted octanol–water partition coefficient (Wildman–Crippen LogP) is 13.9. The third-order valence-electron chi connectivity index (χ3n) is 10.6. The van der Waals surface area contributed by atoms with E-state index < -0.39 is 18.2 Å². The molecule has 3 N–H and O–H groups in total. The highest BCUT2D eigenvalue weighted by Gasteiger charge is 2.24. The first-order valence-electron chi connectivity index (χ1n) is 23.9. The maximum Gasteiger partial charge on any atom is 0.306 e. The van der Waals surface area contributed by atoms with Gasteiger partial charge in [0.15, 0.2) is 0 Å². The summed E-state index contributed by atoms with van der Waals surface area (Å²) in [4.78, 5) is 26.0. The van der Waals surface area contributed by atoms with Crippen molar-refractivity contribution in [3.8, 4) is 0 Å². The highest BCUT2D eigenvalue weighted by molar-refractivity contribution is 5.77. The van der Waals surface area contributed by atoms with Gasteiger partial charge in [-0.05, 0) is 89.9 Å². The van der Waals surface area contributed by atoms with Crippen molar-refractivity contribution in [2.24, 2.45) is 0 Å². The van der Waals surface area contributed by atoms with Crippen molar-refractivity contribution >= 4 is 11.9 Å². The molecule has 0 spiro atoms. The van der Waals surface area contributed by atoms with Crippen molar-refractivity contribution < 1.29 is 24.5 Å². The molecule has 326 valence electrons. The van der Waals surface area contributed by atoms with Crippen LogP contribution in [0, 0.1) is 0 Å². The zero-order chi connectivity index (χ0) is 41.0. The summed E-state index contributed by atoms with van der Waals surface area (Å²) < 4.78 is 5.88. The van der Waals surface area contributed by atoms with Gasteiger partial charge < -0.3 is 20.3 Å². The van der Waals surface area contributed by atoms with Crippen LogP contribution in [0.2, 0.25) is 0 Å². The Morgan fingerprint density at radius 3 is 1.45 bits per heavy atom. The molecule has 0 radical (unpaired) electrons. The average molecular weight is 786 g/mol. The van der Waals surface area contributed by atoms with Gasteiger partial charge in [0.1, 0.15) is 6.10 Å². The van der Waals surface area contributed by atoms with Crippen LogP contribution in [0.3, 0.4) is 0 Å². The minimum absolute atomic E-state index is 0.0457. The molecular formula is C50H91NO5. The molecule has 0 aliphatic rings. The first-order valence-corrected chi connectivity index (χ1v) is 23.9. The number of rotatable bonds is 42. The lowest BCUT2D eigenvalue weighted by molar-refractivity contribution is -0.151. The molecule has 0 saturated carbocycles. The smallest absolute Gasteiger partial charge is 0.306 e. The van der Waals surface area contributed by atoms with Crippen molar-refractivity contribution in [3.63, 3.8) is 0 Å². The minimum atomic E-state index is -0.798. The SMILES string of the molecule is CCCCC/C=C\C/C=C\C/C=C\CCCCC(CC(=O)NC(CO)C(O)CCCCCCCCCCC)OC(=O)CCCCC/C=C\CCCCCCCC. The van der Waals surface area contributed by atoms with Gasteiger partial charge in [-0.1, -0.05) is 179 Å². The van der Waals surface area contributed by atoms with E-state index in [1.165, 1.54) is 103 Å². The number of esters is 1. The summed E-state index contributed by atoms with van der Waals surface area (Å²) in [6, 6.07) is -0.714. The number of hydrogen-bond donors (Lipinski definition) is 3. The number of carbonyl (C=O) groups excluding carboxylic acids is 2. The van der Waals surface area contributed by atoms with Crippen LogP contribution in [0.5, 0.6) is 0 Å². The van der Waals surface area contributed by atoms with Crippen LogP contribution in [-0.4, -0.2) is 46.9 Å². The summed E-state index contributed by atoms with van der Waals surface area (Å²) in [7, 11) is 0. The van der Waals surface area contributed by atoms with Crippen LogP contribution in [0.1, 0.15) is 233 Å². The molecule has 0 bridgehead atoms. The Balaban J connectivity index is 4.70. The monoisotopic (exact) mass is 786 g/mol. The number of nitrogens with one attached hydrogen (secondary N) is 1. The molecule has 1 amide bonds. The standard InChI is InChI=1S/C50H91NO5/c1-4-7-10-13-16-19-21-23-24-26-27-30-32-35-38-41-46(56-50(55)43-40-37-34-31-28-25-22-20-17-14-11-8-5-2)44-49(54)51-47(45-52)48(53)42-39-36-33-29-18-15-12-9-6-3/h16,19,23-25,27-28,30,46-48,52-53H,4-15,17-18,20-22,26,29,31-45H2,1-3H3,(H,51,54)/b19-16-,24-23-,28-25-,30-27-. The molecule has 0 aromatic rings. The molecule has 56 heavy (non-hydrogen) atoms. The first kappa shape index (κ1) is 53.8. The second-order valence-electron chi connectivity index (χ2n) is 16.2. The first-order chi connectivity index (χ1) is 27.5. The summed E-state index contributed by atoms with van der Waals surface area (Å²) in [5.41, 5.74) is 0. The lowest BCUT2D eigenvalue weighted by Crippen LogP contribution is -2.46. The molecular weight excluding hydrogens is 695 g/mol. The Kier molecular flexibility index (Phi) is 42.2. The Morgan fingerprint density at radius 1 is 0.518 bits per heavy atom. The molecule has 0 rings (SSSR count). The van der Waals surface area contributed by atoms with Crippen molar-refractivity contribution in [3.05, 3.63) is 48.6 Å². The van der Waals surface area contributed by atoms with E-state index in [0.717, 1.165) is 83.5 Å². The van der Waals surface area contributed by atoms with Crippen molar-refractivity contribution in [2.75, 3.05) is 6.61 Å². The summed E-state index contributed by atoms with van der Waals surface area (Å²) in [5.74, 6) is -0.531. The molecule has 6 nitrogen and oxygen atoms in total. The fourth-order valence-electron chi connectivity index (χ4n) is 6.96. The van der Waals surface area contributed by atoms with E-state index in [4.69, 9.17) is 4.74 Å². The maximum atomic E-state index is 13.1. The quantitative estimate of drug-likeness (QED) is 0.0325. The van der Waals surface area contributed by atoms with Gasteiger partial charge in [-0.3, -0.25) is 9.59 Å². The van der Waals surface area contributed by atoms with Crippen molar-refractivity contribution in [2.45, 2.75) is 251 Å². The van der Waals surface area contributed by atoms with Gasteiger partial charge in [0, 0.05) is 6.42 Å². The van der Waals surface area contributed by atoms with Gasteiger partial charge in [-0.2, -0.15) is 0 Å². The Bertz CT molecular complexity index is 972. The fourth-order valence-corrected chi connectivity index (χ4v) is 6.96. The Hall–Kier alpha value is -2.18. The fraction of sp³-hybridized carbons (Fsp3) is 0.800. The maximum absolute atomic E-state index is 13.1. The van der Waals surface area contributed by atoms with E-state index in [9.17, 15) is 19.8 Å². The van der Waals surface area contributed by atoms with Crippen molar-refractivity contribution in [1.82, 2.24) is 5.32 Å². The summed E-state index contributed by atoms with van der Waals surface area (Å²) in [6.45, 7) is 6.40. The molecule has 0 aromatic heterocycles. The van der Waals surface area contributed by atoms with Gasteiger partial charge in [0.05, 0.1) is 25.2 Å². The second-order valence-corrected chi connectivity index (χ2v) is 16.2. The third kappa shape index (κ3) is 38.7. The summed E-state index contributed by atoms with van der Waals surface area (Å²) >= 11 is 0. The number of ether oxygens (including phenoxy) is 1. The molecule has 0 fully saturated rings. The van der Waals surface area contributed by atoms with Crippen LogP contribution < -0.4 is 5.32 Å². The van der Waals surface area contributed by atoms with Gasteiger partial charge in [-0.25, -0.2) is 0 Å². The van der Waals surface area contributed by atoms with Crippen LogP contribution in [-0.2, 0) is 14.3 Å². The number of hydrogen-bond acceptors (Lipinski definition) is 5. The van der Waals surface area contributed by atoms with E-state index in [1.807, 2.05) is 0 Å². The molecule has 0 heterocycles. The largest absolute Gasteiger partial charge is 0.462 e. The van der Waals surface area contributed by atoms with Crippen LogP contribution >= 0.6 is 0 Å². The summed E-state index contributed by atoms with van der Waals surface area (Å²) in [6.07, 6.45) is 51.7. The Labute approximate surface area is 346 Å². The highest BCUT2D eigenvalue weighted by Crippen LogP contribution is 2.16. The number of aliphatic hydroxyl groups excluding tert-OH is 2. The second kappa shape index (κ2) is 43.9. The van der Waals surface area contributed by atoms with Gasteiger partial charge >= 0.3 is 5.97 Å². The topological polar surface area (TPSA) is 95.9 Å². The van der Waals surface area contributed by atoms with E-state index in [0.29, 0.717) is 19.3 Å². The van der Waals surface area contributed by atoms with Gasteiger partial charge in [0.25, 0.3) is 0 Å². The molecule has 0 aromatic carbocycles. The highest BCUT2D eigenvalue weighted by atomic mass is 16.5. The molecule has 3 unspecified atom stereocenters. The number of amides is 1. The molecule has 3 atom stereocenters. The lowest BCUT2D eigenvalue weighted by Gasteiger charge is -2.24. The molecule has 0 aliphatic carbocycles. The average Bonchev–Trinajstić information content (AvgIpc) is 3.19. The zero-order valence-corrected chi connectivity index (χ0v) is 37.0.